The number of aryl methyl sites for hydroxylation is 3. The summed E-state index contributed by atoms with van der Waals surface area (Å²) in [5.41, 5.74) is 6.87. The van der Waals surface area contributed by atoms with Gasteiger partial charge in [-0.25, -0.2) is 4.76 Å². The van der Waals surface area contributed by atoms with Crippen LogP contribution in [0.5, 0.6) is 0 Å². The molecule has 2 aromatic rings. The number of benzene rings is 1. The molecule has 162 valence electrons. The zero-order chi connectivity index (χ0) is 22.1. The van der Waals surface area contributed by atoms with Crippen molar-refractivity contribution >= 4 is 46.7 Å². The van der Waals surface area contributed by atoms with Gasteiger partial charge >= 0.3 is 33.3 Å². The minimum absolute atomic E-state index is 0.194. The monoisotopic (exact) mass is 497 g/mol. The standard InChI is InChI=1S/C20H30N5P.2ClH.Fe/c1-15-11-16(2)20(17(3)12-15)21-13-18-9-10-19(25(18)8)14-22-26(23(4)5)24(6)7;;;/h9-14H,1-8H3;2*1H;/q;;;+2/p-2/b21-13?,22-14+;;;. The molecule has 2 rings (SSSR count). The van der Waals surface area contributed by atoms with Crippen LogP contribution in [-0.4, -0.2) is 54.5 Å². The quantitative estimate of drug-likeness (QED) is 0.285. The van der Waals surface area contributed by atoms with Gasteiger partial charge in [-0.3, -0.25) is 14.3 Å². The first-order valence-electron chi connectivity index (χ1n) is 8.93. The van der Waals surface area contributed by atoms with Gasteiger partial charge < -0.3 is 4.57 Å². The molecule has 0 amide bonds. The predicted octanol–water partition coefficient (Wildman–Crippen LogP) is 5.85. The summed E-state index contributed by atoms with van der Waals surface area (Å²) in [6, 6.07) is 8.51. The van der Waals surface area contributed by atoms with E-state index in [1.165, 1.54) is 16.7 Å². The van der Waals surface area contributed by atoms with Crippen LogP contribution in [0.1, 0.15) is 28.1 Å². The van der Waals surface area contributed by atoms with E-state index in [4.69, 9.17) is 30.0 Å². The average molecular weight is 498 g/mol. The number of halogens is 2. The number of aromatic nitrogens is 1. The van der Waals surface area contributed by atoms with E-state index >= 15 is 0 Å². The van der Waals surface area contributed by atoms with Gasteiger partial charge in [0.05, 0.1) is 29.5 Å². The second-order valence-corrected chi connectivity index (χ2v) is 11.2. The van der Waals surface area contributed by atoms with E-state index < -0.39 is 8.37 Å². The van der Waals surface area contributed by atoms with Crippen molar-refractivity contribution in [3.8, 4) is 0 Å². The molecule has 0 spiro atoms. The number of hydrogen-bond acceptors (Lipinski definition) is 4. The predicted molar refractivity (Wildman–Crippen MR) is 127 cm³/mol. The summed E-state index contributed by atoms with van der Waals surface area (Å²) >= 11 is 0.194. The molecule has 0 atom stereocenters. The normalized spacial score (nSPS) is 12.0. The molecule has 0 radical (unpaired) electrons. The van der Waals surface area contributed by atoms with Gasteiger partial charge in [0.25, 0.3) is 0 Å². The van der Waals surface area contributed by atoms with Crippen LogP contribution >= 0.6 is 28.6 Å². The molecule has 29 heavy (non-hydrogen) atoms. The Morgan fingerprint density at radius 1 is 0.931 bits per heavy atom. The van der Waals surface area contributed by atoms with Gasteiger partial charge in [0.15, 0.2) is 8.37 Å². The van der Waals surface area contributed by atoms with Crippen LogP contribution in [0.4, 0.5) is 5.69 Å². The van der Waals surface area contributed by atoms with Crippen LogP contribution in [0.3, 0.4) is 0 Å². The van der Waals surface area contributed by atoms with E-state index in [1.807, 2.05) is 19.5 Å². The SMILES string of the molecule is Cc1cc(C)c(N=Cc2ccc(/C=N/P(N(C)C)N(C)C)n2C)c(C)c1.[Cl][Fe][Cl]. The van der Waals surface area contributed by atoms with Crippen molar-refractivity contribution in [2.24, 2.45) is 16.8 Å². The molecule has 9 heteroatoms. The third-order valence-electron chi connectivity index (χ3n) is 4.17. The molecular weight excluding hydrogens is 468 g/mol. The van der Waals surface area contributed by atoms with Gasteiger partial charge in [-0.15, -0.1) is 0 Å². The second kappa shape index (κ2) is 12.9. The molecule has 0 aliphatic rings. The van der Waals surface area contributed by atoms with Crippen molar-refractivity contribution < 1.29 is 13.1 Å². The average Bonchev–Trinajstić information content (AvgIpc) is 2.94. The maximum absolute atomic E-state index is 4.76. The minimum atomic E-state index is -0.672. The topological polar surface area (TPSA) is 36.1 Å². The molecule has 0 unspecified atom stereocenters. The van der Waals surface area contributed by atoms with E-state index in [-0.39, 0.29) is 13.1 Å². The Morgan fingerprint density at radius 2 is 1.38 bits per heavy atom. The molecule has 0 aliphatic heterocycles. The van der Waals surface area contributed by atoms with Crippen molar-refractivity contribution in [1.29, 1.82) is 0 Å². The van der Waals surface area contributed by atoms with E-state index in [1.54, 1.807) is 0 Å². The van der Waals surface area contributed by atoms with Crippen LogP contribution in [-0.2, 0) is 20.2 Å². The summed E-state index contributed by atoms with van der Waals surface area (Å²) in [6.07, 6.45) is 3.88. The van der Waals surface area contributed by atoms with Crippen molar-refractivity contribution in [2.75, 3.05) is 28.2 Å². The molecule has 0 saturated heterocycles. The van der Waals surface area contributed by atoms with Crippen molar-refractivity contribution in [2.45, 2.75) is 20.8 Å². The third-order valence-corrected chi connectivity index (χ3v) is 5.92. The van der Waals surface area contributed by atoms with E-state index in [0.29, 0.717) is 0 Å². The molecule has 0 N–H and O–H groups in total. The summed E-state index contributed by atoms with van der Waals surface area (Å²) in [7, 11) is 19.1. The van der Waals surface area contributed by atoms with Crippen molar-refractivity contribution in [3.63, 3.8) is 0 Å². The van der Waals surface area contributed by atoms with Gasteiger partial charge in [-0.1, -0.05) is 17.7 Å². The van der Waals surface area contributed by atoms with Crippen LogP contribution in [0.2, 0.25) is 0 Å². The van der Waals surface area contributed by atoms with Gasteiger partial charge in [-0.05, 0) is 72.2 Å². The Labute approximate surface area is 191 Å². The second-order valence-electron chi connectivity index (χ2n) is 7.01. The molecule has 1 aromatic heterocycles. The molecule has 0 fully saturated rings. The summed E-state index contributed by atoms with van der Waals surface area (Å²) < 4.78 is 11.1. The fourth-order valence-electron chi connectivity index (χ4n) is 2.98. The van der Waals surface area contributed by atoms with Gasteiger partial charge in [-0.2, -0.15) is 0 Å². The van der Waals surface area contributed by atoms with Crippen molar-refractivity contribution in [1.82, 2.24) is 13.9 Å². The first-order chi connectivity index (χ1) is 13.6. The fourth-order valence-corrected chi connectivity index (χ4v) is 4.33. The van der Waals surface area contributed by atoms with Crippen LogP contribution < -0.4 is 0 Å². The first kappa shape index (κ1) is 26.3. The fraction of sp³-hybridized carbons (Fsp3) is 0.400. The molecule has 0 saturated carbocycles. The van der Waals surface area contributed by atoms with Crippen LogP contribution in [0.15, 0.2) is 34.0 Å². The Morgan fingerprint density at radius 3 is 1.83 bits per heavy atom. The number of rotatable bonds is 6. The Hall–Kier alpha value is -0.711. The van der Waals surface area contributed by atoms with E-state index in [0.717, 1.165) is 17.1 Å². The summed E-state index contributed by atoms with van der Waals surface area (Å²) in [6.45, 7) is 6.34. The summed E-state index contributed by atoms with van der Waals surface area (Å²) in [4.78, 5) is 4.74. The Balaban J connectivity index is 0.00000132. The molecule has 1 aromatic carbocycles. The number of hydrogen-bond donors (Lipinski definition) is 0. The molecular formula is C20H30Cl2FeN5P. The van der Waals surface area contributed by atoms with E-state index in [9.17, 15) is 0 Å². The first-order valence-corrected chi connectivity index (χ1v) is 13.2. The van der Waals surface area contributed by atoms with Gasteiger partial charge in [0.1, 0.15) is 0 Å². The van der Waals surface area contributed by atoms with Crippen LogP contribution in [0, 0.1) is 20.8 Å². The maximum atomic E-state index is 4.76. The van der Waals surface area contributed by atoms with Crippen molar-refractivity contribution in [3.05, 3.63) is 52.3 Å². The third kappa shape index (κ3) is 8.15. The summed E-state index contributed by atoms with van der Waals surface area (Å²) in [5.74, 6) is 0. The Bertz CT molecular complexity index is 818. The summed E-state index contributed by atoms with van der Waals surface area (Å²) in [5, 5.41) is 0. The van der Waals surface area contributed by atoms with E-state index in [2.05, 4.69) is 87.1 Å². The number of nitrogens with zero attached hydrogens (tertiary/aromatic N) is 5. The zero-order valence-electron chi connectivity index (χ0n) is 18.3. The molecule has 5 nitrogen and oxygen atoms in total. The molecule has 1 heterocycles. The zero-order valence-corrected chi connectivity index (χ0v) is 21.8. The number of aliphatic imine (C=N–C) groups is 1. The van der Waals surface area contributed by atoms with Gasteiger partial charge in [0, 0.05) is 7.05 Å². The van der Waals surface area contributed by atoms with Crippen LogP contribution in [0.25, 0.3) is 0 Å². The Kier molecular flexibility index (Phi) is 11.7. The molecule has 0 bridgehead atoms. The van der Waals surface area contributed by atoms with Gasteiger partial charge in [0.2, 0.25) is 0 Å². The molecule has 0 aliphatic carbocycles.